The highest BCUT2D eigenvalue weighted by Gasteiger charge is 2.25. The van der Waals surface area contributed by atoms with Gasteiger partial charge < -0.3 is 9.97 Å². The number of nitrogens with one attached hydrogen (secondary N) is 2. The highest BCUT2D eigenvalue weighted by Crippen LogP contribution is 2.40. The zero-order chi connectivity index (χ0) is 28.6. The zero-order valence-corrected chi connectivity index (χ0v) is 25.9. The third kappa shape index (κ3) is 5.07. The molecular formula is C36H50N4Si. The second kappa shape index (κ2) is 12.8. The molecule has 5 heteroatoms. The van der Waals surface area contributed by atoms with Crippen LogP contribution in [-0.4, -0.2) is 30.9 Å². The second-order valence-electron chi connectivity index (χ2n) is 10.9. The van der Waals surface area contributed by atoms with Crippen molar-refractivity contribution in [1.29, 1.82) is 0 Å². The number of hydrogen-bond donors (Lipinski definition) is 2. The Labute approximate surface area is 250 Å². The number of allylic oxidation sites excluding steroid dienone is 2. The molecule has 218 valence electrons. The zero-order valence-electron chi connectivity index (χ0n) is 25.9. The van der Waals surface area contributed by atoms with Crippen LogP contribution < -0.4 is 0 Å². The predicted molar refractivity (Wildman–Crippen MR) is 185 cm³/mol. The Bertz CT molecular complexity index is 1560. The van der Waals surface area contributed by atoms with E-state index in [-0.39, 0.29) is 11.0 Å². The Morgan fingerprint density at radius 2 is 0.829 bits per heavy atom. The summed E-state index contributed by atoms with van der Waals surface area (Å²) in [7, 11) is 0. The van der Waals surface area contributed by atoms with Gasteiger partial charge in [-0.1, -0.05) is 55.4 Å². The van der Waals surface area contributed by atoms with Gasteiger partial charge in [-0.05, 0) is 120 Å². The molecule has 3 aromatic heterocycles. The Morgan fingerprint density at radius 1 is 0.463 bits per heavy atom. The second-order valence-corrected chi connectivity index (χ2v) is 10.9. The molecule has 2 N–H and O–H groups in total. The summed E-state index contributed by atoms with van der Waals surface area (Å²) in [6.07, 6.45) is 12.1. The van der Waals surface area contributed by atoms with Gasteiger partial charge in [-0.3, -0.25) is 0 Å². The topological polar surface area (TPSA) is 57.4 Å². The monoisotopic (exact) mass is 566 g/mol. The molecule has 0 spiro atoms. The van der Waals surface area contributed by atoms with Gasteiger partial charge >= 0.3 is 0 Å². The maximum Gasteiger partial charge on any atom is 0.0725 e. The van der Waals surface area contributed by atoms with Crippen molar-refractivity contribution >= 4 is 56.3 Å². The number of fused-ring (bicyclic) bond motifs is 8. The largest absolute Gasteiger partial charge is 0.355 e. The predicted octanol–water partition coefficient (Wildman–Crippen LogP) is 8.14. The molecule has 0 fully saturated rings. The van der Waals surface area contributed by atoms with Crippen LogP contribution in [0.1, 0.15) is 124 Å². The number of aryl methyl sites for hydroxylation is 6. The summed E-state index contributed by atoms with van der Waals surface area (Å²) in [4.78, 5) is 18.4. The van der Waals surface area contributed by atoms with Gasteiger partial charge in [-0.15, -0.1) is 0 Å². The molecule has 2 aliphatic heterocycles. The fourth-order valence-corrected chi connectivity index (χ4v) is 7.12. The van der Waals surface area contributed by atoms with E-state index >= 15 is 0 Å². The fraction of sp³-hybridized carbons (Fsp3) is 0.444. The molecule has 5 rings (SSSR count). The van der Waals surface area contributed by atoms with Crippen molar-refractivity contribution in [3.63, 3.8) is 0 Å². The average molecular weight is 567 g/mol. The van der Waals surface area contributed by atoms with E-state index in [9.17, 15) is 0 Å². The van der Waals surface area contributed by atoms with Crippen LogP contribution in [0, 0.1) is 0 Å². The molecule has 8 bridgehead atoms. The minimum absolute atomic E-state index is 0. The normalized spacial score (nSPS) is 12.8. The number of nitrogens with zero attached hydrogens (tertiary/aromatic N) is 2. The van der Waals surface area contributed by atoms with Gasteiger partial charge in [0, 0.05) is 33.2 Å². The van der Waals surface area contributed by atoms with E-state index in [1.54, 1.807) is 0 Å². The van der Waals surface area contributed by atoms with E-state index in [0.29, 0.717) is 0 Å². The SMILES string of the molecule is CCC1=C(CC)c2nc1c(CC)c1[nH]c(cc3nc(cc4[nH]c(c2CC)c(CC)c4CC)C=C3)c(CC)c1CC.[SiH4]. The van der Waals surface area contributed by atoms with Crippen molar-refractivity contribution in [3.8, 4) is 0 Å². The molecular weight excluding hydrogens is 517 g/mol. The van der Waals surface area contributed by atoms with Crippen molar-refractivity contribution in [3.05, 3.63) is 68.3 Å². The summed E-state index contributed by atoms with van der Waals surface area (Å²) < 4.78 is 0. The molecule has 0 aromatic carbocycles. The lowest BCUT2D eigenvalue weighted by Crippen LogP contribution is -1.95. The molecule has 5 heterocycles. The van der Waals surface area contributed by atoms with E-state index in [0.717, 1.165) is 62.8 Å². The first-order valence-electron chi connectivity index (χ1n) is 15.7. The Balaban J connectivity index is 0.00000387. The van der Waals surface area contributed by atoms with Crippen LogP contribution in [0.4, 0.5) is 0 Å². The molecule has 0 amide bonds. The minimum atomic E-state index is 0. The molecule has 0 radical (unpaired) electrons. The number of aromatic amines is 2. The van der Waals surface area contributed by atoms with Crippen LogP contribution in [0.3, 0.4) is 0 Å². The summed E-state index contributed by atoms with van der Waals surface area (Å²) in [5, 5.41) is 0. The van der Waals surface area contributed by atoms with Crippen molar-refractivity contribution in [1.82, 2.24) is 19.9 Å². The molecule has 41 heavy (non-hydrogen) atoms. The highest BCUT2D eigenvalue weighted by atomic mass is 28.1. The summed E-state index contributed by atoms with van der Waals surface area (Å²) in [5.41, 5.74) is 20.4. The van der Waals surface area contributed by atoms with Crippen molar-refractivity contribution in [2.45, 2.75) is 107 Å². The third-order valence-electron chi connectivity index (χ3n) is 8.93. The molecule has 0 aliphatic carbocycles. The summed E-state index contributed by atoms with van der Waals surface area (Å²) in [6.45, 7) is 18.3. The molecule has 0 unspecified atom stereocenters. The molecule has 0 atom stereocenters. The fourth-order valence-electron chi connectivity index (χ4n) is 7.12. The van der Waals surface area contributed by atoms with Gasteiger partial charge in [0.2, 0.25) is 0 Å². The maximum atomic E-state index is 5.58. The highest BCUT2D eigenvalue weighted by molar-refractivity contribution is 5.96. The molecule has 4 nitrogen and oxygen atoms in total. The van der Waals surface area contributed by atoms with Crippen LogP contribution in [0.15, 0.2) is 12.1 Å². The first kappa shape index (κ1) is 30.8. The van der Waals surface area contributed by atoms with Crippen LogP contribution in [-0.2, 0) is 38.5 Å². The third-order valence-corrected chi connectivity index (χ3v) is 8.93. The van der Waals surface area contributed by atoms with E-state index in [1.807, 2.05) is 0 Å². The van der Waals surface area contributed by atoms with Gasteiger partial charge in [-0.2, -0.15) is 0 Å². The quantitative estimate of drug-likeness (QED) is 0.212. The number of H-pyrrole nitrogens is 2. The standard InChI is InChI=1S/C36H46N4.H4Si/c1-9-23-25(11-3)33-29(15-7)35-27(13-5)28(14-6)36(40-35)30(16-8)34-26(12-4)24(10-2)32(39-34)20-22-18-17-21(37-22)19-31(23)38-33;/h17-20,38-39H,9-16H2,1-8H3;1H4. The van der Waals surface area contributed by atoms with Gasteiger partial charge in [0.1, 0.15) is 0 Å². The summed E-state index contributed by atoms with van der Waals surface area (Å²) in [6, 6.07) is 4.47. The Kier molecular flexibility index (Phi) is 9.58. The number of rotatable bonds is 8. The lowest BCUT2D eigenvalue weighted by atomic mass is 9.93. The Hall–Kier alpha value is -3.18. The van der Waals surface area contributed by atoms with Gasteiger partial charge in [0.05, 0.1) is 22.8 Å². The van der Waals surface area contributed by atoms with Crippen LogP contribution in [0.2, 0.25) is 0 Å². The van der Waals surface area contributed by atoms with Gasteiger partial charge in [-0.25, -0.2) is 9.97 Å². The summed E-state index contributed by atoms with van der Waals surface area (Å²) in [5.74, 6) is 0. The van der Waals surface area contributed by atoms with E-state index in [1.165, 1.54) is 78.0 Å². The average Bonchev–Trinajstić information content (AvgIpc) is 3.73. The number of aromatic nitrogens is 4. The molecule has 0 saturated heterocycles. The molecule has 0 saturated carbocycles. The van der Waals surface area contributed by atoms with E-state index in [4.69, 9.17) is 9.97 Å². The van der Waals surface area contributed by atoms with Crippen molar-refractivity contribution < 1.29 is 0 Å². The smallest absolute Gasteiger partial charge is 0.0725 e. The molecule has 3 aromatic rings. The van der Waals surface area contributed by atoms with Crippen molar-refractivity contribution in [2.75, 3.05) is 0 Å². The summed E-state index contributed by atoms with van der Waals surface area (Å²) >= 11 is 0. The van der Waals surface area contributed by atoms with Gasteiger partial charge in [0.15, 0.2) is 0 Å². The van der Waals surface area contributed by atoms with Crippen LogP contribution in [0.25, 0.3) is 45.4 Å². The van der Waals surface area contributed by atoms with Crippen LogP contribution >= 0.6 is 0 Å². The minimum Gasteiger partial charge on any atom is -0.355 e. The van der Waals surface area contributed by atoms with Gasteiger partial charge in [0.25, 0.3) is 0 Å². The van der Waals surface area contributed by atoms with Crippen molar-refractivity contribution in [2.24, 2.45) is 0 Å². The lowest BCUT2D eigenvalue weighted by Gasteiger charge is -2.09. The van der Waals surface area contributed by atoms with Crippen LogP contribution in [0.5, 0.6) is 0 Å². The Morgan fingerprint density at radius 3 is 1.15 bits per heavy atom. The first-order chi connectivity index (χ1) is 19.5. The molecule has 2 aliphatic rings. The maximum absolute atomic E-state index is 5.58. The van der Waals surface area contributed by atoms with E-state index < -0.39 is 0 Å². The number of hydrogen-bond acceptors (Lipinski definition) is 2. The van der Waals surface area contributed by atoms with E-state index in [2.05, 4.69) is 89.6 Å². The lowest BCUT2D eigenvalue weighted by molar-refractivity contribution is 1.04. The first-order valence-corrected chi connectivity index (χ1v) is 15.7.